The minimum Gasteiger partial charge on any atom is -0.507 e. The van der Waals surface area contributed by atoms with Crippen molar-refractivity contribution in [3.63, 3.8) is 0 Å². The molecule has 0 radical (unpaired) electrons. The van der Waals surface area contributed by atoms with Crippen LogP contribution in [0.1, 0.15) is 61.5 Å². The van der Waals surface area contributed by atoms with Crippen LogP contribution in [0, 0.1) is 0 Å². The van der Waals surface area contributed by atoms with Crippen LogP contribution >= 0.6 is 12.4 Å². The monoisotopic (exact) mass is 751 g/mol. The summed E-state index contributed by atoms with van der Waals surface area (Å²) in [6, 6.07) is 4.92. The van der Waals surface area contributed by atoms with Gasteiger partial charge in [-0.05, 0) is 73.0 Å². The smallest absolute Gasteiger partial charge is 0.190 e. The molecule has 5 aliphatic heterocycles. The van der Waals surface area contributed by atoms with Crippen molar-refractivity contribution in [1.29, 1.82) is 0 Å². The van der Waals surface area contributed by atoms with Gasteiger partial charge in [0.05, 0.1) is 32.3 Å². The predicted molar refractivity (Wildman–Crippen MR) is 190 cm³/mol. The van der Waals surface area contributed by atoms with Gasteiger partial charge in [0.25, 0.3) is 0 Å². The van der Waals surface area contributed by atoms with Crippen molar-refractivity contribution in [2.24, 2.45) is 0 Å². The number of fused-ring (bicyclic) bond motifs is 7. The molecule has 0 aromatic heterocycles. The molecule has 7 atom stereocenters. The van der Waals surface area contributed by atoms with E-state index in [1.54, 1.807) is 19.2 Å². The van der Waals surface area contributed by atoms with Crippen LogP contribution < -0.4 is 23.7 Å². The number of phenols is 1. The van der Waals surface area contributed by atoms with Crippen LogP contribution in [0.15, 0.2) is 24.3 Å². The quantitative estimate of drug-likeness (QED) is 0.318. The summed E-state index contributed by atoms with van der Waals surface area (Å²) in [6.45, 7) is 8.72. The van der Waals surface area contributed by atoms with Crippen molar-refractivity contribution in [3.05, 3.63) is 41.0 Å². The number of methoxy groups -OCH3 is 2. The van der Waals surface area contributed by atoms with Gasteiger partial charge in [-0.1, -0.05) is 0 Å². The normalized spacial score (nSPS) is 27.5. The van der Waals surface area contributed by atoms with Crippen LogP contribution in [0.4, 0.5) is 0 Å². The summed E-state index contributed by atoms with van der Waals surface area (Å²) in [4.78, 5) is 15.6. The Bertz CT molecular complexity index is 1650. The molecule has 14 nitrogen and oxygen atoms in total. The van der Waals surface area contributed by atoms with E-state index in [4.69, 9.17) is 47.7 Å². The fraction of sp³-hybridized carbons (Fsp3) is 0.595. The zero-order chi connectivity index (χ0) is 36.8. The highest BCUT2D eigenvalue weighted by molar-refractivity contribution is 6.08. The van der Waals surface area contributed by atoms with E-state index in [0.29, 0.717) is 46.5 Å². The SMILES string of the molecule is CN(C)CCCOC1C(C(O)CO)OC2OC(C)(C)OC21.COc1cc2c(cc1OC)C1C(=O)c3c(O)cc4c(c3OC1CO2)C=CC(C)(C)O4.Cl. The first kappa shape index (κ1) is 39.9. The highest BCUT2D eigenvalue weighted by Gasteiger charge is 2.57. The first-order chi connectivity index (χ1) is 24.2. The van der Waals surface area contributed by atoms with E-state index in [0.717, 1.165) is 13.0 Å². The molecule has 288 valence electrons. The fourth-order valence-electron chi connectivity index (χ4n) is 6.98. The second-order valence-corrected chi connectivity index (χ2v) is 14.4. The zero-order valence-corrected chi connectivity index (χ0v) is 31.6. The number of phenolic OH excluding ortho intramolecular Hbond substituents is 1. The van der Waals surface area contributed by atoms with Gasteiger partial charge in [0.1, 0.15) is 71.3 Å². The van der Waals surface area contributed by atoms with Gasteiger partial charge in [0.2, 0.25) is 0 Å². The van der Waals surface area contributed by atoms with Gasteiger partial charge in [0.15, 0.2) is 29.4 Å². The number of ketones is 1. The van der Waals surface area contributed by atoms with E-state index in [-0.39, 0.29) is 48.8 Å². The number of hydrogen-bond acceptors (Lipinski definition) is 14. The van der Waals surface area contributed by atoms with Gasteiger partial charge in [-0.3, -0.25) is 4.79 Å². The van der Waals surface area contributed by atoms with Crippen molar-refractivity contribution in [1.82, 2.24) is 4.90 Å². The molecule has 2 aromatic rings. The Hall–Kier alpha value is -3.34. The molecule has 0 bridgehead atoms. The van der Waals surface area contributed by atoms with E-state index < -0.39 is 48.0 Å². The van der Waals surface area contributed by atoms with Crippen molar-refractivity contribution in [2.45, 2.75) is 88.2 Å². The number of Topliss-reactive ketones (excluding diaryl/α,β-unsaturated/α-hetero) is 1. The molecular weight excluding hydrogens is 702 g/mol. The number of halogens is 1. The number of aliphatic hydroxyl groups excluding tert-OH is 2. The summed E-state index contributed by atoms with van der Waals surface area (Å²) >= 11 is 0. The van der Waals surface area contributed by atoms with Crippen LogP contribution in [-0.4, -0.2) is 129 Å². The maximum atomic E-state index is 13.6. The van der Waals surface area contributed by atoms with E-state index >= 15 is 0 Å². The highest BCUT2D eigenvalue weighted by atomic mass is 35.5. The molecule has 0 amide bonds. The lowest BCUT2D eigenvalue weighted by molar-refractivity contribution is -0.231. The first-order valence-electron chi connectivity index (χ1n) is 17.1. The van der Waals surface area contributed by atoms with E-state index in [2.05, 4.69) is 4.90 Å². The zero-order valence-electron chi connectivity index (χ0n) is 30.7. The molecular formula is C37H50ClNO13. The largest absolute Gasteiger partial charge is 0.507 e. The Kier molecular flexibility index (Phi) is 11.9. The summed E-state index contributed by atoms with van der Waals surface area (Å²) in [5.74, 6) is 0.614. The number of carbonyl (C=O) groups is 1. The topological polar surface area (TPSA) is 164 Å². The predicted octanol–water partition coefficient (Wildman–Crippen LogP) is 3.69. The molecule has 0 aliphatic carbocycles. The minimum atomic E-state index is -1.01. The summed E-state index contributed by atoms with van der Waals surface area (Å²) in [6.07, 6.45) is 1.06. The van der Waals surface area contributed by atoms with Gasteiger partial charge in [0, 0.05) is 24.3 Å². The molecule has 0 spiro atoms. The maximum absolute atomic E-state index is 13.6. The first-order valence-corrected chi connectivity index (χ1v) is 17.1. The molecule has 52 heavy (non-hydrogen) atoms. The van der Waals surface area contributed by atoms with Gasteiger partial charge in [-0.2, -0.15) is 0 Å². The number of rotatable bonds is 9. The number of hydrogen-bond donors (Lipinski definition) is 3. The van der Waals surface area contributed by atoms with Crippen molar-refractivity contribution < 1.29 is 62.7 Å². The Morgan fingerprint density at radius 3 is 2.42 bits per heavy atom. The second-order valence-electron chi connectivity index (χ2n) is 14.4. The van der Waals surface area contributed by atoms with Gasteiger partial charge in [-0.25, -0.2) is 0 Å². The molecule has 7 rings (SSSR count). The number of aromatic hydroxyl groups is 1. The van der Waals surface area contributed by atoms with Gasteiger partial charge in [-0.15, -0.1) is 12.4 Å². The Morgan fingerprint density at radius 1 is 1.04 bits per heavy atom. The highest BCUT2D eigenvalue weighted by Crippen LogP contribution is 2.52. The second kappa shape index (κ2) is 15.6. The average Bonchev–Trinajstić information content (AvgIpc) is 3.56. The van der Waals surface area contributed by atoms with Gasteiger partial charge < -0.3 is 62.9 Å². The van der Waals surface area contributed by atoms with Crippen LogP contribution in [0.25, 0.3) is 6.08 Å². The Balaban J connectivity index is 0.000000210. The summed E-state index contributed by atoms with van der Waals surface area (Å²) < 4.78 is 51.8. The lowest BCUT2D eigenvalue weighted by Gasteiger charge is -2.39. The molecule has 3 N–H and O–H groups in total. The van der Waals surface area contributed by atoms with Crippen molar-refractivity contribution in [2.75, 3.05) is 54.7 Å². The number of aliphatic hydroxyl groups is 2. The molecule has 2 fully saturated rings. The third-order valence-electron chi connectivity index (χ3n) is 9.36. The Labute approximate surface area is 309 Å². The minimum absolute atomic E-state index is 0. The van der Waals surface area contributed by atoms with Crippen LogP contribution in [0.3, 0.4) is 0 Å². The maximum Gasteiger partial charge on any atom is 0.190 e. The fourth-order valence-corrected chi connectivity index (χ4v) is 6.98. The lowest BCUT2D eigenvalue weighted by atomic mass is 9.80. The molecule has 7 unspecified atom stereocenters. The van der Waals surface area contributed by atoms with E-state index in [1.165, 1.54) is 13.2 Å². The standard InChI is InChI=1S/C23H22O7.C14H27NO6.ClH/c1-23(2)6-5-11-15(30-23)8-13(24)20-21(25)19-12-7-16(26-3)17(27-4)9-14(12)28-10-18(19)29-22(11)20;1-14(2)20-12-11(18-7-5-6-15(3)4)10(9(17)8-16)19-13(12)21-14;/h5-9,18-19,24H,10H2,1-4H3;9-13,16-17H,5-8H2,1-4H3;1H. The molecule has 0 saturated carbocycles. The summed E-state index contributed by atoms with van der Waals surface area (Å²) in [7, 11) is 7.08. The number of ether oxygens (including phenoxy) is 9. The summed E-state index contributed by atoms with van der Waals surface area (Å²) in [5.41, 5.74) is 0.930. The van der Waals surface area contributed by atoms with Crippen molar-refractivity contribution in [3.8, 4) is 34.5 Å². The van der Waals surface area contributed by atoms with Crippen LogP contribution in [-0.2, 0) is 18.9 Å². The average molecular weight is 752 g/mol. The third-order valence-corrected chi connectivity index (χ3v) is 9.36. The molecule has 15 heteroatoms. The number of benzene rings is 2. The van der Waals surface area contributed by atoms with E-state index in [9.17, 15) is 15.0 Å². The third kappa shape index (κ3) is 7.80. The molecule has 5 heterocycles. The lowest BCUT2D eigenvalue weighted by Crippen LogP contribution is -2.44. The van der Waals surface area contributed by atoms with Gasteiger partial charge >= 0.3 is 0 Å². The molecule has 2 aromatic carbocycles. The molecule has 5 aliphatic rings. The number of nitrogens with zero attached hydrogens (tertiary/aromatic N) is 1. The number of carbonyl (C=O) groups excluding carboxylic acids is 1. The van der Waals surface area contributed by atoms with Crippen molar-refractivity contribution >= 4 is 24.3 Å². The van der Waals surface area contributed by atoms with Crippen LogP contribution in [0.2, 0.25) is 0 Å². The molecule has 2 saturated heterocycles. The van der Waals surface area contributed by atoms with E-state index in [1.807, 2.05) is 53.9 Å². The summed E-state index contributed by atoms with van der Waals surface area (Å²) in [5, 5.41) is 29.7. The van der Waals surface area contributed by atoms with Crippen LogP contribution in [0.5, 0.6) is 34.5 Å². The Morgan fingerprint density at radius 2 is 1.75 bits per heavy atom.